The molecule has 0 N–H and O–H groups in total. The molecule has 0 spiro atoms. The van der Waals surface area contributed by atoms with Gasteiger partial charge in [-0.1, -0.05) is 42.5 Å². The van der Waals surface area contributed by atoms with Gasteiger partial charge in [-0.05, 0) is 34.0 Å². The van der Waals surface area contributed by atoms with E-state index >= 15 is 0 Å². The minimum absolute atomic E-state index is 0. The topological polar surface area (TPSA) is 113 Å². The Balaban J connectivity index is 0.000000200. The van der Waals surface area contributed by atoms with Crippen molar-refractivity contribution in [2.75, 3.05) is 0 Å². The normalized spacial score (nSPS) is 9.55. The van der Waals surface area contributed by atoms with Crippen LogP contribution in [0, 0.1) is 35.8 Å². The van der Waals surface area contributed by atoms with Crippen LogP contribution in [-0.2, 0) is 0 Å². The van der Waals surface area contributed by atoms with Gasteiger partial charge >= 0.3 is 0 Å². The van der Waals surface area contributed by atoms with Crippen molar-refractivity contribution < 1.29 is 8.78 Å². The Kier molecular flexibility index (Phi) is 12.6. The molecule has 15 heteroatoms. The Labute approximate surface area is 269 Å². The van der Waals surface area contributed by atoms with Gasteiger partial charge in [0.05, 0.1) is 47.3 Å². The monoisotopic (exact) mass is 694 g/mol. The van der Waals surface area contributed by atoms with Crippen LogP contribution in [0.4, 0.5) is 8.78 Å². The molecule has 0 aliphatic carbocycles. The fourth-order valence-corrected chi connectivity index (χ4v) is 3.57. The maximum atomic E-state index is 13.1. The summed E-state index contributed by atoms with van der Waals surface area (Å²) in [5.74, 6) is 7.46. The van der Waals surface area contributed by atoms with Gasteiger partial charge in [0.25, 0.3) is 0 Å². The van der Waals surface area contributed by atoms with Crippen LogP contribution in [-0.4, -0.2) is 49.5 Å². The summed E-state index contributed by atoms with van der Waals surface area (Å²) in [6, 6.07) is 6.06. The molecular formula is C29H19BrCl2F2N10. The molecule has 0 aliphatic rings. The van der Waals surface area contributed by atoms with Crippen molar-refractivity contribution in [2.45, 2.75) is 7.43 Å². The van der Waals surface area contributed by atoms with E-state index in [1.54, 1.807) is 49.3 Å². The van der Waals surface area contributed by atoms with Crippen LogP contribution in [0.1, 0.15) is 24.4 Å². The lowest BCUT2D eigenvalue weighted by atomic mass is 10.3. The summed E-state index contributed by atoms with van der Waals surface area (Å²) in [6.45, 7) is 0. The highest BCUT2D eigenvalue weighted by Crippen LogP contribution is 2.17. The van der Waals surface area contributed by atoms with Crippen LogP contribution in [0.3, 0.4) is 0 Å². The standard InChI is InChI=1S/C14H7ClFN5.C10H5ClFN3.C4H3BrN2.CH4/c15-14-10(2-3-13-18-4-1-5-19-13)9-21(20-14)12-6-11(16)7-17-8-12;1-2-7-6-15(14-10(7)11)9-3-8(12)4-13-5-9;5-4-6-2-1-3-7-4;/h1,4-9H;1,3-6H;1-3H;1H4. The summed E-state index contributed by atoms with van der Waals surface area (Å²) in [6.07, 6.45) is 20.0. The molecule has 0 unspecified atom stereocenters. The molecule has 0 aromatic carbocycles. The third-order valence-electron chi connectivity index (χ3n) is 4.81. The summed E-state index contributed by atoms with van der Waals surface area (Å²) >= 11 is 14.8. The van der Waals surface area contributed by atoms with Gasteiger partial charge in [-0.2, -0.15) is 10.2 Å². The molecule has 6 heterocycles. The molecule has 0 saturated heterocycles. The zero-order chi connectivity index (χ0) is 30.6. The van der Waals surface area contributed by atoms with Gasteiger partial charge in [0, 0.05) is 49.3 Å². The predicted molar refractivity (Wildman–Crippen MR) is 165 cm³/mol. The first-order valence-corrected chi connectivity index (χ1v) is 13.3. The summed E-state index contributed by atoms with van der Waals surface area (Å²) in [5, 5.41) is 8.41. The van der Waals surface area contributed by atoms with E-state index in [0.717, 1.165) is 12.4 Å². The molecule has 0 bridgehead atoms. The minimum Gasteiger partial charge on any atom is -0.259 e. The van der Waals surface area contributed by atoms with Crippen molar-refractivity contribution >= 4 is 39.1 Å². The first kappa shape index (κ1) is 33.4. The van der Waals surface area contributed by atoms with Gasteiger partial charge in [-0.25, -0.2) is 38.1 Å². The molecule has 0 fully saturated rings. The van der Waals surface area contributed by atoms with Gasteiger partial charge in [0.1, 0.15) is 11.6 Å². The predicted octanol–water partition coefficient (Wildman–Crippen LogP) is 6.17. The molecule has 10 nitrogen and oxygen atoms in total. The van der Waals surface area contributed by atoms with Crippen molar-refractivity contribution in [1.29, 1.82) is 0 Å². The van der Waals surface area contributed by atoms with Gasteiger partial charge in [-0.15, -0.1) is 6.42 Å². The Morgan fingerprint density at radius 2 is 1.18 bits per heavy atom. The second-order valence-corrected chi connectivity index (χ2v) is 9.19. The number of hydrogen-bond acceptors (Lipinski definition) is 8. The molecule has 6 aromatic heterocycles. The van der Waals surface area contributed by atoms with Crippen LogP contribution in [0.2, 0.25) is 10.3 Å². The van der Waals surface area contributed by atoms with Crippen molar-refractivity contribution in [2.24, 2.45) is 0 Å². The van der Waals surface area contributed by atoms with E-state index in [2.05, 4.69) is 73.8 Å². The molecule has 0 atom stereocenters. The minimum atomic E-state index is -0.454. The zero-order valence-electron chi connectivity index (χ0n) is 21.5. The summed E-state index contributed by atoms with van der Waals surface area (Å²) in [7, 11) is 0. The SMILES string of the molecule is Brc1ncccn1.C.C#Cc1cn(-c2cncc(F)c2)nc1Cl.Fc1cncc(-n2cc(C#Cc3ncccn3)c(Cl)n2)c1. The van der Waals surface area contributed by atoms with E-state index < -0.39 is 11.6 Å². The number of pyridine rings is 2. The Hall–Kier alpha value is -5.08. The Morgan fingerprint density at radius 1 is 0.705 bits per heavy atom. The first-order valence-electron chi connectivity index (χ1n) is 11.7. The van der Waals surface area contributed by atoms with E-state index in [1.165, 1.54) is 33.9 Å². The van der Waals surface area contributed by atoms with E-state index in [-0.39, 0.29) is 17.7 Å². The van der Waals surface area contributed by atoms with Crippen LogP contribution >= 0.6 is 39.1 Å². The molecule has 220 valence electrons. The Bertz CT molecular complexity index is 1920. The molecule has 0 saturated carbocycles. The maximum absolute atomic E-state index is 13.1. The lowest BCUT2D eigenvalue weighted by Gasteiger charge is -1.98. The van der Waals surface area contributed by atoms with Gasteiger partial charge in [-0.3, -0.25) is 9.97 Å². The highest BCUT2D eigenvalue weighted by molar-refractivity contribution is 9.10. The third kappa shape index (κ3) is 9.74. The molecule has 0 amide bonds. The quantitative estimate of drug-likeness (QED) is 0.156. The van der Waals surface area contributed by atoms with Crippen LogP contribution < -0.4 is 0 Å². The average Bonchev–Trinajstić information content (AvgIpc) is 3.59. The number of rotatable bonds is 2. The largest absolute Gasteiger partial charge is 0.259 e. The van der Waals surface area contributed by atoms with Crippen molar-refractivity contribution in [3.63, 3.8) is 0 Å². The second-order valence-electron chi connectivity index (χ2n) is 7.76. The van der Waals surface area contributed by atoms with Crippen LogP contribution in [0.5, 0.6) is 0 Å². The Morgan fingerprint density at radius 3 is 1.61 bits per heavy atom. The highest BCUT2D eigenvalue weighted by atomic mass is 79.9. The number of aromatic nitrogens is 10. The fourth-order valence-electron chi connectivity index (χ4n) is 2.97. The fraction of sp³-hybridized carbons (Fsp3) is 0.0345. The number of halogens is 5. The summed E-state index contributed by atoms with van der Waals surface area (Å²) < 4.78 is 29.4. The second kappa shape index (κ2) is 16.5. The lowest BCUT2D eigenvalue weighted by Crippen LogP contribution is -1.95. The van der Waals surface area contributed by atoms with Crippen LogP contribution in [0.25, 0.3) is 11.4 Å². The van der Waals surface area contributed by atoms with Crippen LogP contribution in [0.15, 0.2) is 91.0 Å². The van der Waals surface area contributed by atoms with Crippen molar-refractivity contribution in [3.05, 3.63) is 130 Å². The van der Waals surface area contributed by atoms with E-state index in [0.29, 0.717) is 33.1 Å². The summed E-state index contributed by atoms with van der Waals surface area (Å²) in [5.41, 5.74) is 1.88. The third-order valence-corrected chi connectivity index (χ3v) is 5.78. The molecular weight excluding hydrogens is 677 g/mol. The molecule has 6 aromatic rings. The maximum Gasteiger partial charge on any atom is 0.205 e. The number of nitrogens with zero attached hydrogens (tertiary/aromatic N) is 10. The van der Waals surface area contributed by atoms with Gasteiger partial charge in [0.15, 0.2) is 15.0 Å². The lowest BCUT2D eigenvalue weighted by molar-refractivity contribution is 0.618. The number of terminal acetylenes is 1. The van der Waals surface area contributed by atoms with Gasteiger partial charge in [0.2, 0.25) is 5.82 Å². The number of hydrogen-bond donors (Lipinski definition) is 0. The highest BCUT2D eigenvalue weighted by Gasteiger charge is 2.08. The average molecular weight is 696 g/mol. The summed E-state index contributed by atoms with van der Waals surface area (Å²) in [4.78, 5) is 23.0. The van der Waals surface area contributed by atoms with E-state index in [4.69, 9.17) is 29.6 Å². The van der Waals surface area contributed by atoms with Crippen molar-refractivity contribution in [3.8, 4) is 35.6 Å². The molecule has 6 rings (SSSR count). The molecule has 44 heavy (non-hydrogen) atoms. The molecule has 0 radical (unpaired) electrons. The smallest absolute Gasteiger partial charge is 0.205 e. The van der Waals surface area contributed by atoms with Crippen molar-refractivity contribution in [1.82, 2.24) is 49.5 Å². The van der Waals surface area contributed by atoms with Gasteiger partial charge < -0.3 is 0 Å². The van der Waals surface area contributed by atoms with E-state index in [1.807, 2.05) is 0 Å². The first-order chi connectivity index (χ1) is 20.8. The molecule has 0 aliphatic heterocycles. The van der Waals surface area contributed by atoms with E-state index in [9.17, 15) is 8.78 Å². The zero-order valence-corrected chi connectivity index (χ0v) is 24.6.